The van der Waals surface area contributed by atoms with E-state index in [4.69, 9.17) is 23.2 Å². The number of halogens is 2. The quantitative estimate of drug-likeness (QED) is 0.519. The van der Waals surface area contributed by atoms with E-state index < -0.39 is 0 Å². The minimum Gasteiger partial charge on any atom is -0.118 e. The Morgan fingerprint density at radius 3 is 1.72 bits per heavy atom. The summed E-state index contributed by atoms with van der Waals surface area (Å²) in [6.07, 6.45) is 0. The van der Waals surface area contributed by atoms with Crippen LogP contribution in [-0.4, -0.2) is 5.38 Å². The predicted molar refractivity (Wildman–Crippen MR) is 80.9 cm³/mol. The van der Waals surface area contributed by atoms with Crippen LogP contribution in [0, 0.1) is 0 Å². The van der Waals surface area contributed by atoms with Gasteiger partial charge in [-0.05, 0) is 23.6 Å². The molecule has 2 aromatic rings. The van der Waals surface area contributed by atoms with E-state index in [-0.39, 0.29) is 5.38 Å². The Labute approximate surface area is 118 Å². The van der Waals surface area contributed by atoms with Crippen molar-refractivity contribution >= 4 is 33.8 Å². The Bertz CT molecular complexity index is 528. The molecule has 0 aromatic heterocycles. The van der Waals surface area contributed by atoms with Gasteiger partial charge >= 0.3 is 0 Å². The molecule has 0 aliphatic rings. The summed E-state index contributed by atoms with van der Waals surface area (Å²) in [5.41, 5.74) is 3.02. The maximum Gasteiger partial charge on any atom is 0.0577 e. The van der Waals surface area contributed by atoms with Gasteiger partial charge in [0.2, 0.25) is 0 Å². The zero-order valence-electron chi connectivity index (χ0n) is 10.1. The van der Waals surface area contributed by atoms with Gasteiger partial charge in [0, 0.05) is 0 Å². The van der Waals surface area contributed by atoms with Gasteiger partial charge in [0.05, 0.1) is 10.4 Å². The van der Waals surface area contributed by atoms with Gasteiger partial charge in [0.1, 0.15) is 0 Å². The molecule has 1 unspecified atom stereocenters. The Kier molecular flexibility index (Phi) is 4.46. The summed E-state index contributed by atoms with van der Waals surface area (Å²) in [6, 6.07) is 19.9. The highest BCUT2D eigenvalue weighted by Crippen LogP contribution is 2.33. The van der Waals surface area contributed by atoms with Crippen LogP contribution in [0.15, 0.2) is 60.7 Å². The molecule has 0 radical (unpaired) electrons. The summed E-state index contributed by atoms with van der Waals surface area (Å²) in [5, 5.41) is 0.574. The van der Waals surface area contributed by atoms with Crippen LogP contribution < -0.4 is 0 Å². The molecule has 2 aromatic carbocycles. The molecule has 2 heteroatoms. The molecule has 0 saturated carbocycles. The minimum absolute atomic E-state index is 0.139. The summed E-state index contributed by atoms with van der Waals surface area (Å²) >= 11 is 12.8. The summed E-state index contributed by atoms with van der Waals surface area (Å²) in [5.74, 6) is 0. The van der Waals surface area contributed by atoms with Gasteiger partial charge in [-0.2, -0.15) is 0 Å². The Morgan fingerprint density at radius 2 is 1.28 bits per heavy atom. The van der Waals surface area contributed by atoms with Crippen molar-refractivity contribution in [1.29, 1.82) is 0 Å². The van der Waals surface area contributed by atoms with Crippen LogP contribution in [0.4, 0.5) is 0 Å². The van der Waals surface area contributed by atoms with Crippen molar-refractivity contribution in [2.45, 2.75) is 12.3 Å². The van der Waals surface area contributed by atoms with E-state index in [1.165, 1.54) is 0 Å². The van der Waals surface area contributed by atoms with Gasteiger partial charge in [-0.1, -0.05) is 72.3 Å². The van der Waals surface area contributed by atoms with Crippen molar-refractivity contribution < 1.29 is 0 Å². The number of rotatable bonds is 3. The summed E-state index contributed by atoms with van der Waals surface area (Å²) in [7, 11) is 0. The van der Waals surface area contributed by atoms with Gasteiger partial charge in [-0.25, -0.2) is 0 Å². The minimum atomic E-state index is -0.139. The fourth-order valence-corrected chi connectivity index (χ4v) is 2.58. The molecule has 0 aliphatic carbocycles. The van der Waals surface area contributed by atoms with Gasteiger partial charge in [-0.3, -0.25) is 0 Å². The van der Waals surface area contributed by atoms with Crippen LogP contribution in [0.5, 0.6) is 0 Å². The molecule has 18 heavy (non-hydrogen) atoms. The summed E-state index contributed by atoms with van der Waals surface area (Å²) in [4.78, 5) is 0. The molecule has 92 valence electrons. The van der Waals surface area contributed by atoms with Crippen molar-refractivity contribution in [2.75, 3.05) is 0 Å². The van der Waals surface area contributed by atoms with Crippen molar-refractivity contribution in [2.24, 2.45) is 0 Å². The monoisotopic (exact) mass is 276 g/mol. The fraction of sp³-hybridized carbons (Fsp3) is 0.125. The third kappa shape index (κ3) is 2.95. The largest absolute Gasteiger partial charge is 0.118 e. The third-order valence-electron chi connectivity index (χ3n) is 2.75. The zero-order chi connectivity index (χ0) is 13.0. The van der Waals surface area contributed by atoms with Crippen LogP contribution in [0.2, 0.25) is 0 Å². The standard InChI is InChI=1S/C16H14Cl2/c1-12(17)15(13-8-4-2-5-9-13)16(18)14-10-6-3-7-11-14/h2-12H,1H3. The topological polar surface area (TPSA) is 0 Å². The highest BCUT2D eigenvalue weighted by Gasteiger charge is 2.14. The Morgan fingerprint density at radius 1 is 0.833 bits per heavy atom. The normalized spacial score (nSPS) is 13.9. The first kappa shape index (κ1) is 13.2. The van der Waals surface area contributed by atoms with Gasteiger partial charge < -0.3 is 0 Å². The zero-order valence-corrected chi connectivity index (χ0v) is 11.6. The molecule has 2 rings (SSSR count). The van der Waals surface area contributed by atoms with E-state index in [1.54, 1.807) is 0 Å². The smallest absolute Gasteiger partial charge is 0.0577 e. The number of benzene rings is 2. The lowest BCUT2D eigenvalue weighted by atomic mass is 10.00. The van der Waals surface area contributed by atoms with Crippen LogP contribution in [0.3, 0.4) is 0 Å². The van der Waals surface area contributed by atoms with E-state index in [0.29, 0.717) is 5.03 Å². The fourth-order valence-electron chi connectivity index (χ4n) is 1.89. The molecular formula is C16H14Cl2. The van der Waals surface area contributed by atoms with Crippen molar-refractivity contribution in [3.05, 3.63) is 71.8 Å². The average molecular weight is 277 g/mol. The predicted octanol–water partition coefficient (Wildman–Crippen LogP) is 5.42. The van der Waals surface area contributed by atoms with Crippen LogP contribution in [-0.2, 0) is 0 Å². The van der Waals surface area contributed by atoms with Gasteiger partial charge in [0.15, 0.2) is 0 Å². The summed E-state index contributed by atoms with van der Waals surface area (Å²) in [6.45, 7) is 1.94. The first-order chi connectivity index (χ1) is 8.70. The molecule has 0 amide bonds. The van der Waals surface area contributed by atoms with Crippen molar-refractivity contribution in [3.63, 3.8) is 0 Å². The second-order valence-electron chi connectivity index (χ2n) is 4.08. The van der Waals surface area contributed by atoms with E-state index >= 15 is 0 Å². The molecule has 1 atom stereocenters. The van der Waals surface area contributed by atoms with Crippen LogP contribution >= 0.6 is 23.2 Å². The van der Waals surface area contributed by atoms with E-state index in [0.717, 1.165) is 16.7 Å². The molecule has 0 nitrogen and oxygen atoms in total. The summed E-state index contributed by atoms with van der Waals surface area (Å²) < 4.78 is 0. The van der Waals surface area contributed by atoms with E-state index in [9.17, 15) is 0 Å². The second kappa shape index (κ2) is 6.08. The molecule has 0 heterocycles. The SMILES string of the molecule is CC(Cl)C(=C(Cl)c1ccccc1)c1ccccc1. The molecule has 0 bridgehead atoms. The highest BCUT2D eigenvalue weighted by molar-refractivity contribution is 6.54. The molecule has 0 aliphatic heterocycles. The maximum absolute atomic E-state index is 6.50. The van der Waals surface area contributed by atoms with Crippen LogP contribution in [0.1, 0.15) is 18.1 Å². The first-order valence-corrected chi connectivity index (χ1v) is 6.66. The molecular weight excluding hydrogens is 263 g/mol. The Balaban J connectivity index is 2.55. The highest BCUT2D eigenvalue weighted by atomic mass is 35.5. The second-order valence-corrected chi connectivity index (χ2v) is 5.11. The number of alkyl halides is 1. The molecule has 0 N–H and O–H groups in total. The van der Waals surface area contributed by atoms with E-state index in [2.05, 4.69) is 0 Å². The first-order valence-electron chi connectivity index (χ1n) is 5.84. The molecule has 0 fully saturated rings. The molecule has 0 saturated heterocycles. The maximum atomic E-state index is 6.50. The van der Waals surface area contributed by atoms with Gasteiger partial charge in [0.25, 0.3) is 0 Å². The van der Waals surface area contributed by atoms with Crippen molar-refractivity contribution in [1.82, 2.24) is 0 Å². The number of hydrogen-bond donors (Lipinski definition) is 0. The van der Waals surface area contributed by atoms with E-state index in [1.807, 2.05) is 67.6 Å². The number of hydrogen-bond acceptors (Lipinski definition) is 0. The van der Waals surface area contributed by atoms with Crippen molar-refractivity contribution in [3.8, 4) is 0 Å². The lowest BCUT2D eigenvalue weighted by molar-refractivity contribution is 1.25. The number of allylic oxidation sites excluding steroid dienone is 1. The average Bonchev–Trinajstić information content (AvgIpc) is 2.40. The molecule has 0 spiro atoms. The van der Waals surface area contributed by atoms with Gasteiger partial charge in [-0.15, -0.1) is 11.6 Å². The Hall–Kier alpha value is -1.24. The van der Waals surface area contributed by atoms with Crippen LogP contribution in [0.25, 0.3) is 10.6 Å². The lowest BCUT2D eigenvalue weighted by Gasteiger charge is -2.13. The third-order valence-corrected chi connectivity index (χ3v) is 3.39. The lowest BCUT2D eigenvalue weighted by Crippen LogP contribution is -1.99.